The molecule has 0 aromatic rings. The Hall–Kier alpha value is -1.79. The molecule has 1 aliphatic rings. The molecule has 0 fully saturated rings. The Morgan fingerprint density at radius 3 is 2.31 bits per heavy atom. The highest BCUT2D eigenvalue weighted by Gasteiger charge is 2.18. The van der Waals surface area contributed by atoms with Crippen LogP contribution in [0.1, 0.15) is 25.7 Å². The summed E-state index contributed by atoms with van der Waals surface area (Å²) in [5.41, 5.74) is 1.08. The Morgan fingerprint density at radius 2 is 1.77 bits per heavy atom. The Bertz CT molecular complexity index is 346. The summed E-state index contributed by atoms with van der Waals surface area (Å²) in [5.74, 6) is -0.0829. The minimum absolute atomic E-state index is 0.0829. The van der Waals surface area contributed by atoms with Gasteiger partial charge in [0.1, 0.15) is 0 Å². The third-order valence-electron chi connectivity index (χ3n) is 2.25. The van der Waals surface area contributed by atoms with E-state index < -0.39 is 0 Å². The van der Waals surface area contributed by atoms with E-state index in [2.05, 4.69) is 6.07 Å². The monoisotopic (exact) mass is 171 g/mol. The van der Waals surface area contributed by atoms with Crippen LogP contribution in [0.15, 0.2) is 11.1 Å². The van der Waals surface area contributed by atoms with Gasteiger partial charge in [-0.1, -0.05) is 0 Å². The Morgan fingerprint density at radius 1 is 1.08 bits per heavy atom. The normalized spacial score (nSPS) is 22.4. The maximum absolute atomic E-state index is 8.76. The molecule has 1 rings (SSSR count). The zero-order valence-corrected chi connectivity index (χ0v) is 7.25. The van der Waals surface area contributed by atoms with Gasteiger partial charge in [0.25, 0.3) is 0 Å². The van der Waals surface area contributed by atoms with Crippen molar-refractivity contribution in [3.05, 3.63) is 11.1 Å². The molecule has 1 aliphatic carbocycles. The van der Waals surface area contributed by atoms with E-state index in [1.807, 2.05) is 12.1 Å². The molecule has 0 spiro atoms. The molecule has 13 heavy (non-hydrogen) atoms. The predicted octanol–water partition coefficient (Wildman–Crippen LogP) is 2.04. The van der Waals surface area contributed by atoms with Crippen LogP contribution in [0.3, 0.4) is 0 Å². The van der Waals surface area contributed by atoms with Crippen LogP contribution in [0, 0.1) is 39.9 Å². The fourth-order valence-corrected chi connectivity index (χ4v) is 1.49. The summed E-state index contributed by atoms with van der Waals surface area (Å²) >= 11 is 0. The molecule has 3 nitrogen and oxygen atoms in total. The summed E-state index contributed by atoms with van der Waals surface area (Å²) in [7, 11) is 0. The molecule has 1 unspecified atom stereocenters. The van der Waals surface area contributed by atoms with E-state index in [0.29, 0.717) is 24.0 Å². The second kappa shape index (κ2) is 4.29. The van der Waals surface area contributed by atoms with Crippen LogP contribution in [0.5, 0.6) is 0 Å². The molecular formula is C10H9N3. The van der Waals surface area contributed by atoms with Gasteiger partial charge in [0.15, 0.2) is 0 Å². The van der Waals surface area contributed by atoms with Gasteiger partial charge >= 0.3 is 0 Å². The Kier molecular flexibility index (Phi) is 3.07. The molecule has 0 saturated heterocycles. The highest BCUT2D eigenvalue weighted by atomic mass is 14.3. The second-order valence-electron chi connectivity index (χ2n) is 3.10. The van der Waals surface area contributed by atoms with Crippen LogP contribution in [-0.2, 0) is 0 Å². The van der Waals surface area contributed by atoms with Gasteiger partial charge in [-0.05, 0) is 25.7 Å². The topological polar surface area (TPSA) is 71.4 Å². The number of rotatable bonds is 0. The molecular weight excluding hydrogens is 162 g/mol. The molecule has 1 atom stereocenters. The van der Waals surface area contributed by atoms with Crippen LogP contribution in [0.4, 0.5) is 0 Å². The quantitative estimate of drug-likeness (QED) is 0.559. The summed E-state index contributed by atoms with van der Waals surface area (Å²) in [4.78, 5) is 0. The minimum atomic E-state index is -0.0829. The highest BCUT2D eigenvalue weighted by Crippen LogP contribution is 2.26. The Balaban J connectivity index is 2.93. The fourth-order valence-electron chi connectivity index (χ4n) is 1.49. The van der Waals surface area contributed by atoms with Crippen molar-refractivity contribution in [3.63, 3.8) is 0 Å². The van der Waals surface area contributed by atoms with Crippen molar-refractivity contribution in [1.29, 1.82) is 15.8 Å². The summed E-state index contributed by atoms with van der Waals surface area (Å²) in [5, 5.41) is 26.2. The SMILES string of the molecule is N#CC1=C(C#N)CC(C#N)CCC1. The lowest BCUT2D eigenvalue weighted by atomic mass is 9.99. The van der Waals surface area contributed by atoms with Crippen LogP contribution in [0.2, 0.25) is 0 Å². The van der Waals surface area contributed by atoms with Crippen molar-refractivity contribution in [2.45, 2.75) is 25.7 Å². The van der Waals surface area contributed by atoms with Crippen molar-refractivity contribution < 1.29 is 0 Å². The summed E-state index contributed by atoms with van der Waals surface area (Å²) in [6.45, 7) is 0. The lowest BCUT2D eigenvalue weighted by Crippen LogP contribution is -1.95. The molecule has 0 aromatic carbocycles. The first-order valence-electron chi connectivity index (χ1n) is 4.23. The van der Waals surface area contributed by atoms with E-state index in [0.717, 1.165) is 12.8 Å². The number of allylic oxidation sites excluding steroid dienone is 2. The number of hydrogen-bond acceptors (Lipinski definition) is 3. The second-order valence-corrected chi connectivity index (χ2v) is 3.10. The summed E-state index contributed by atoms with van der Waals surface area (Å²) < 4.78 is 0. The molecule has 0 heterocycles. The van der Waals surface area contributed by atoms with Gasteiger partial charge < -0.3 is 0 Å². The number of nitriles is 3. The number of nitrogens with zero attached hydrogens (tertiary/aromatic N) is 3. The smallest absolute Gasteiger partial charge is 0.0957 e. The predicted molar refractivity (Wildman–Crippen MR) is 45.8 cm³/mol. The zero-order valence-electron chi connectivity index (χ0n) is 7.25. The maximum Gasteiger partial charge on any atom is 0.0957 e. The van der Waals surface area contributed by atoms with E-state index in [4.69, 9.17) is 15.8 Å². The van der Waals surface area contributed by atoms with Gasteiger partial charge in [0.2, 0.25) is 0 Å². The van der Waals surface area contributed by atoms with Gasteiger partial charge in [-0.15, -0.1) is 0 Å². The fraction of sp³-hybridized carbons (Fsp3) is 0.500. The van der Waals surface area contributed by atoms with Crippen molar-refractivity contribution in [2.24, 2.45) is 5.92 Å². The molecule has 0 aliphatic heterocycles. The van der Waals surface area contributed by atoms with Gasteiger partial charge in [-0.2, -0.15) is 15.8 Å². The molecule has 0 aromatic heterocycles. The lowest BCUT2D eigenvalue weighted by molar-refractivity contribution is 0.593. The van der Waals surface area contributed by atoms with Crippen LogP contribution in [-0.4, -0.2) is 0 Å². The molecule has 0 bridgehead atoms. The summed E-state index contributed by atoms with van der Waals surface area (Å²) in [6, 6.07) is 6.21. The largest absolute Gasteiger partial charge is 0.198 e. The van der Waals surface area contributed by atoms with Crippen molar-refractivity contribution >= 4 is 0 Å². The van der Waals surface area contributed by atoms with E-state index in [1.54, 1.807) is 0 Å². The summed E-state index contributed by atoms with van der Waals surface area (Å²) in [6.07, 6.45) is 2.74. The van der Waals surface area contributed by atoms with Crippen LogP contribution < -0.4 is 0 Å². The van der Waals surface area contributed by atoms with Gasteiger partial charge in [-0.3, -0.25) is 0 Å². The van der Waals surface area contributed by atoms with E-state index >= 15 is 0 Å². The van der Waals surface area contributed by atoms with E-state index in [-0.39, 0.29) is 5.92 Å². The van der Waals surface area contributed by atoms with Crippen molar-refractivity contribution in [3.8, 4) is 18.2 Å². The number of hydrogen-bond donors (Lipinski definition) is 0. The van der Waals surface area contributed by atoms with Crippen LogP contribution in [0.25, 0.3) is 0 Å². The molecule has 0 radical (unpaired) electrons. The first-order valence-corrected chi connectivity index (χ1v) is 4.23. The first kappa shape index (κ1) is 9.30. The molecule has 0 N–H and O–H groups in total. The van der Waals surface area contributed by atoms with Gasteiger partial charge in [0, 0.05) is 11.1 Å². The first-order chi connectivity index (χ1) is 6.31. The molecule has 0 amide bonds. The third kappa shape index (κ3) is 2.08. The van der Waals surface area contributed by atoms with Gasteiger partial charge in [-0.25, -0.2) is 0 Å². The maximum atomic E-state index is 8.76. The molecule has 64 valence electrons. The molecule has 3 heteroatoms. The highest BCUT2D eigenvalue weighted by molar-refractivity contribution is 5.38. The van der Waals surface area contributed by atoms with Gasteiger partial charge in [0.05, 0.1) is 24.1 Å². The Labute approximate surface area is 77.5 Å². The van der Waals surface area contributed by atoms with Crippen molar-refractivity contribution in [2.75, 3.05) is 0 Å². The standard InChI is InChI=1S/C10H9N3/c11-5-8-2-1-3-9(6-12)10(4-8)7-13/h8H,1-4H2. The third-order valence-corrected chi connectivity index (χ3v) is 2.25. The zero-order chi connectivity index (χ0) is 9.68. The molecule has 0 saturated carbocycles. The van der Waals surface area contributed by atoms with Crippen LogP contribution >= 0.6 is 0 Å². The van der Waals surface area contributed by atoms with E-state index in [1.165, 1.54) is 0 Å². The average molecular weight is 171 g/mol. The average Bonchev–Trinajstić information content (AvgIpc) is 2.38. The van der Waals surface area contributed by atoms with Crippen molar-refractivity contribution in [1.82, 2.24) is 0 Å². The van der Waals surface area contributed by atoms with E-state index in [9.17, 15) is 0 Å². The lowest BCUT2D eigenvalue weighted by Gasteiger charge is -2.01. The minimum Gasteiger partial charge on any atom is -0.198 e.